The highest BCUT2D eigenvalue weighted by molar-refractivity contribution is 5.75. The lowest BCUT2D eigenvalue weighted by Crippen LogP contribution is -2.37. The lowest BCUT2D eigenvalue weighted by Gasteiger charge is -2.26. The molecule has 64 heavy (non-hydrogen) atoms. The molecule has 0 bridgehead atoms. The van der Waals surface area contributed by atoms with Crippen LogP contribution < -0.4 is 31.1 Å². The molecule has 16 nitrogen and oxygen atoms in total. The normalized spacial score (nSPS) is 13.2. The highest BCUT2D eigenvalue weighted by Crippen LogP contribution is 2.27. The zero-order valence-electron chi connectivity index (χ0n) is 37.7. The van der Waals surface area contributed by atoms with Crippen molar-refractivity contribution in [3.8, 4) is 0 Å². The van der Waals surface area contributed by atoms with E-state index >= 15 is 0 Å². The van der Waals surface area contributed by atoms with Gasteiger partial charge in [0.25, 0.3) is 0 Å². The quantitative estimate of drug-likeness (QED) is 0.0348. The molecular formula is C48H60N12O4. The maximum atomic E-state index is 10.2. The van der Waals surface area contributed by atoms with E-state index in [0.29, 0.717) is 35.7 Å². The van der Waals surface area contributed by atoms with Gasteiger partial charge >= 0.3 is 0 Å². The second-order valence-electron chi connectivity index (χ2n) is 16.5. The molecule has 0 amide bonds. The summed E-state index contributed by atoms with van der Waals surface area (Å²) in [5.41, 5.74) is 9.51. The van der Waals surface area contributed by atoms with Crippen LogP contribution in [-0.4, -0.2) is 101 Å². The number of aliphatic hydroxyl groups excluding tert-OH is 4. The fourth-order valence-corrected chi connectivity index (χ4v) is 6.84. The number of aromatic nitrogens is 6. The summed E-state index contributed by atoms with van der Waals surface area (Å²) in [6.45, 7) is 15.7. The van der Waals surface area contributed by atoms with Crippen LogP contribution in [0.15, 0.2) is 84.9 Å². The standard InChI is InChI=1S/C48H60N12O4/c1-29-9-17-39(18-10-29)49-43-53-45(57-47(55-43)59(25-33(5)61)26-34(6)62)51-41-21-15-37(31(3)23-41)13-14-38-16-22-42(24-32(38)4)52-46-54-44(50-40-19-11-30(2)12-20-40)56-48(58-46)60(27-35(7)63)28-36(8)64/h9-24,33-36,61-64H,25-28H2,1-8H3,(H2,49,51,53,55,57)(H2,50,52,54,56,58)/b14-13+. The molecule has 0 saturated heterocycles. The second-order valence-corrected chi connectivity index (χ2v) is 16.5. The molecule has 0 fully saturated rings. The number of hydrogen-bond donors (Lipinski definition) is 8. The Balaban J connectivity index is 1.20. The van der Waals surface area contributed by atoms with Gasteiger partial charge in [-0.1, -0.05) is 59.7 Å². The van der Waals surface area contributed by atoms with E-state index < -0.39 is 24.4 Å². The van der Waals surface area contributed by atoms with Gasteiger partial charge in [0.1, 0.15) is 0 Å². The second kappa shape index (κ2) is 21.6. The molecule has 0 aliphatic carbocycles. The van der Waals surface area contributed by atoms with Gasteiger partial charge in [0.05, 0.1) is 24.4 Å². The van der Waals surface area contributed by atoms with Crippen LogP contribution in [0.3, 0.4) is 0 Å². The summed E-state index contributed by atoms with van der Waals surface area (Å²) in [5.74, 6) is 1.86. The fraction of sp³-hybridized carbons (Fsp3) is 0.333. The molecule has 4 unspecified atom stereocenters. The Morgan fingerprint density at radius 3 is 0.984 bits per heavy atom. The van der Waals surface area contributed by atoms with E-state index in [0.717, 1.165) is 56.1 Å². The molecule has 16 heteroatoms. The molecule has 6 rings (SSSR count). The summed E-state index contributed by atoms with van der Waals surface area (Å²) < 4.78 is 0. The summed E-state index contributed by atoms with van der Waals surface area (Å²) in [6.07, 6.45) is 1.42. The monoisotopic (exact) mass is 868 g/mol. The first-order chi connectivity index (χ1) is 30.5. The number of hydrogen-bond acceptors (Lipinski definition) is 16. The lowest BCUT2D eigenvalue weighted by atomic mass is 10.0. The Morgan fingerprint density at radius 1 is 0.422 bits per heavy atom. The summed E-state index contributed by atoms with van der Waals surface area (Å²) in [6, 6.07) is 27.8. The van der Waals surface area contributed by atoms with Crippen molar-refractivity contribution in [2.75, 3.05) is 57.2 Å². The van der Waals surface area contributed by atoms with E-state index in [2.05, 4.69) is 53.4 Å². The molecule has 2 aromatic heterocycles. The minimum atomic E-state index is -0.680. The fourth-order valence-electron chi connectivity index (χ4n) is 6.84. The molecule has 4 atom stereocenters. The highest BCUT2D eigenvalue weighted by Gasteiger charge is 2.20. The third kappa shape index (κ3) is 13.9. The molecule has 0 spiro atoms. The largest absolute Gasteiger partial charge is 0.392 e. The van der Waals surface area contributed by atoms with E-state index in [1.54, 1.807) is 37.5 Å². The smallest absolute Gasteiger partial charge is 0.233 e. The maximum Gasteiger partial charge on any atom is 0.233 e. The predicted octanol–water partition coefficient (Wildman–Crippen LogP) is 7.57. The molecule has 8 N–H and O–H groups in total. The van der Waals surface area contributed by atoms with Crippen LogP contribution in [0.2, 0.25) is 0 Å². The van der Waals surface area contributed by atoms with Crippen LogP contribution in [0.1, 0.15) is 61.1 Å². The zero-order chi connectivity index (χ0) is 45.9. The van der Waals surface area contributed by atoms with Crippen molar-refractivity contribution in [3.05, 3.63) is 118 Å². The van der Waals surface area contributed by atoms with Crippen LogP contribution in [0, 0.1) is 27.7 Å². The minimum absolute atomic E-state index is 0.223. The molecule has 6 aromatic rings. The van der Waals surface area contributed by atoms with Crippen molar-refractivity contribution in [2.45, 2.75) is 79.8 Å². The molecule has 0 aliphatic rings. The van der Waals surface area contributed by atoms with Gasteiger partial charge in [0, 0.05) is 48.9 Å². The molecular weight excluding hydrogens is 809 g/mol. The Labute approximate surface area is 375 Å². The summed E-state index contributed by atoms with van der Waals surface area (Å²) in [7, 11) is 0. The Morgan fingerprint density at radius 2 is 0.703 bits per heavy atom. The third-order valence-electron chi connectivity index (χ3n) is 9.86. The van der Waals surface area contributed by atoms with E-state index in [9.17, 15) is 20.4 Å². The van der Waals surface area contributed by atoms with E-state index in [-0.39, 0.29) is 26.2 Å². The van der Waals surface area contributed by atoms with E-state index in [4.69, 9.17) is 9.97 Å². The third-order valence-corrected chi connectivity index (χ3v) is 9.86. The SMILES string of the molecule is Cc1ccc(Nc2nc(Nc3ccc(/C=C/c4ccc(Nc5nc(Nc6ccc(C)cc6)nc(N(CC(C)O)CC(C)O)n5)cc4C)c(C)c3)nc(N(CC(C)O)CC(C)O)n2)cc1. The Hall–Kier alpha value is -6.72. The van der Waals surface area contributed by atoms with Gasteiger partial charge in [0.15, 0.2) is 0 Å². The molecule has 0 saturated carbocycles. The zero-order valence-corrected chi connectivity index (χ0v) is 37.7. The lowest BCUT2D eigenvalue weighted by molar-refractivity contribution is 0.176. The van der Waals surface area contributed by atoms with Gasteiger partial charge in [-0.2, -0.15) is 29.9 Å². The number of aryl methyl sites for hydroxylation is 4. The first-order valence-electron chi connectivity index (χ1n) is 21.4. The summed E-state index contributed by atoms with van der Waals surface area (Å²) in [4.78, 5) is 31.5. The Kier molecular flexibility index (Phi) is 15.8. The van der Waals surface area contributed by atoms with Crippen LogP contribution in [0.5, 0.6) is 0 Å². The van der Waals surface area contributed by atoms with Gasteiger partial charge in [-0.25, -0.2) is 0 Å². The number of nitrogens with zero attached hydrogens (tertiary/aromatic N) is 8. The van der Waals surface area contributed by atoms with Gasteiger partial charge < -0.3 is 51.5 Å². The summed E-state index contributed by atoms with van der Waals surface area (Å²) in [5, 5.41) is 54.2. The van der Waals surface area contributed by atoms with Crippen molar-refractivity contribution in [2.24, 2.45) is 0 Å². The highest BCUT2D eigenvalue weighted by atomic mass is 16.3. The minimum Gasteiger partial charge on any atom is -0.392 e. The number of nitrogens with one attached hydrogen (secondary N) is 4. The van der Waals surface area contributed by atoms with Crippen molar-refractivity contribution in [1.29, 1.82) is 0 Å². The van der Waals surface area contributed by atoms with Gasteiger partial charge in [0.2, 0.25) is 35.7 Å². The van der Waals surface area contributed by atoms with Crippen LogP contribution in [0.4, 0.5) is 58.4 Å². The molecule has 2 heterocycles. The summed E-state index contributed by atoms with van der Waals surface area (Å²) >= 11 is 0. The molecule has 336 valence electrons. The van der Waals surface area contributed by atoms with E-state index in [1.807, 2.05) is 113 Å². The van der Waals surface area contributed by atoms with Gasteiger partial charge in [-0.05, 0) is 126 Å². The number of aliphatic hydroxyl groups is 4. The number of anilines is 10. The molecule has 4 aromatic carbocycles. The average Bonchev–Trinajstić information content (AvgIpc) is 3.21. The van der Waals surface area contributed by atoms with Crippen molar-refractivity contribution >= 4 is 70.6 Å². The number of benzene rings is 4. The first-order valence-corrected chi connectivity index (χ1v) is 21.4. The molecule has 0 aliphatic heterocycles. The van der Waals surface area contributed by atoms with Crippen molar-refractivity contribution in [1.82, 2.24) is 29.9 Å². The number of rotatable bonds is 20. The van der Waals surface area contributed by atoms with Crippen LogP contribution in [0.25, 0.3) is 12.2 Å². The topological polar surface area (TPSA) is 213 Å². The van der Waals surface area contributed by atoms with Gasteiger partial charge in [-0.15, -0.1) is 0 Å². The van der Waals surface area contributed by atoms with Crippen LogP contribution in [-0.2, 0) is 0 Å². The van der Waals surface area contributed by atoms with Crippen LogP contribution >= 0.6 is 0 Å². The van der Waals surface area contributed by atoms with Gasteiger partial charge in [-0.3, -0.25) is 0 Å². The maximum absolute atomic E-state index is 10.2. The Bertz CT molecular complexity index is 2300. The van der Waals surface area contributed by atoms with Crippen molar-refractivity contribution in [3.63, 3.8) is 0 Å². The average molecular weight is 869 g/mol. The van der Waals surface area contributed by atoms with Crippen molar-refractivity contribution < 1.29 is 20.4 Å². The predicted molar refractivity (Wildman–Crippen MR) is 258 cm³/mol. The van der Waals surface area contributed by atoms with E-state index in [1.165, 1.54) is 0 Å². The first kappa shape index (κ1) is 46.8. The molecule has 0 radical (unpaired) electrons.